The molecule has 1 fully saturated rings. The standard InChI is InChI=1S/C15H18N2O/c1-17-10-16-15(14(17)9-18)13-7-3-6-12(8-13)11-4-2-5-11/h3,6-8,10-11,18H,2,4-5,9H2,1H3. The summed E-state index contributed by atoms with van der Waals surface area (Å²) in [5, 5.41) is 9.42. The van der Waals surface area contributed by atoms with Crippen LogP contribution in [-0.4, -0.2) is 14.7 Å². The van der Waals surface area contributed by atoms with E-state index >= 15 is 0 Å². The van der Waals surface area contributed by atoms with E-state index in [2.05, 4.69) is 29.2 Å². The molecule has 0 aliphatic heterocycles. The third-order valence-corrected chi connectivity index (χ3v) is 3.95. The van der Waals surface area contributed by atoms with Crippen molar-refractivity contribution in [2.45, 2.75) is 31.8 Å². The number of aromatic nitrogens is 2. The lowest BCUT2D eigenvalue weighted by atomic mass is 9.79. The first-order valence-electron chi connectivity index (χ1n) is 6.51. The van der Waals surface area contributed by atoms with Crippen molar-refractivity contribution in [2.24, 2.45) is 7.05 Å². The van der Waals surface area contributed by atoms with Crippen LogP contribution in [0.3, 0.4) is 0 Å². The molecule has 3 heteroatoms. The van der Waals surface area contributed by atoms with Crippen LogP contribution in [0.2, 0.25) is 0 Å². The number of hydrogen-bond acceptors (Lipinski definition) is 2. The molecule has 0 amide bonds. The first-order chi connectivity index (χ1) is 8.79. The molecule has 1 heterocycles. The molecule has 0 spiro atoms. The van der Waals surface area contributed by atoms with Crippen molar-refractivity contribution in [2.75, 3.05) is 0 Å². The predicted molar refractivity (Wildman–Crippen MR) is 71.2 cm³/mol. The van der Waals surface area contributed by atoms with Crippen LogP contribution in [-0.2, 0) is 13.7 Å². The van der Waals surface area contributed by atoms with Crippen LogP contribution in [0.4, 0.5) is 0 Å². The molecule has 0 saturated heterocycles. The van der Waals surface area contributed by atoms with Gasteiger partial charge in [0.25, 0.3) is 0 Å². The summed E-state index contributed by atoms with van der Waals surface area (Å²) in [6.45, 7) is 0.0273. The summed E-state index contributed by atoms with van der Waals surface area (Å²) < 4.78 is 1.88. The van der Waals surface area contributed by atoms with E-state index in [-0.39, 0.29) is 6.61 Å². The number of imidazole rings is 1. The Labute approximate surface area is 107 Å². The summed E-state index contributed by atoms with van der Waals surface area (Å²) >= 11 is 0. The molecular formula is C15H18N2O. The third-order valence-electron chi connectivity index (χ3n) is 3.95. The van der Waals surface area contributed by atoms with Gasteiger partial charge in [0.1, 0.15) is 0 Å². The second-order valence-electron chi connectivity index (χ2n) is 5.06. The maximum atomic E-state index is 9.42. The van der Waals surface area contributed by atoms with Crippen molar-refractivity contribution in [3.8, 4) is 11.3 Å². The molecule has 1 N–H and O–H groups in total. The van der Waals surface area contributed by atoms with Gasteiger partial charge in [-0.3, -0.25) is 0 Å². The van der Waals surface area contributed by atoms with E-state index in [9.17, 15) is 5.11 Å². The molecule has 0 bridgehead atoms. The Kier molecular flexibility index (Phi) is 2.92. The average molecular weight is 242 g/mol. The molecule has 1 saturated carbocycles. The van der Waals surface area contributed by atoms with Gasteiger partial charge in [0.15, 0.2) is 0 Å². The Morgan fingerprint density at radius 2 is 2.22 bits per heavy atom. The quantitative estimate of drug-likeness (QED) is 0.898. The van der Waals surface area contributed by atoms with Gasteiger partial charge in [0.2, 0.25) is 0 Å². The molecule has 18 heavy (non-hydrogen) atoms. The number of nitrogens with zero attached hydrogens (tertiary/aromatic N) is 2. The first kappa shape index (κ1) is 11.5. The first-order valence-corrected chi connectivity index (χ1v) is 6.51. The molecule has 1 aliphatic rings. The van der Waals surface area contributed by atoms with E-state index in [1.165, 1.54) is 24.8 Å². The number of aryl methyl sites for hydroxylation is 1. The largest absolute Gasteiger partial charge is 0.390 e. The van der Waals surface area contributed by atoms with Gasteiger partial charge in [-0.05, 0) is 30.4 Å². The summed E-state index contributed by atoms with van der Waals surface area (Å²) in [5.41, 5.74) is 4.30. The fourth-order valence-corrected chi connectivity index (χ4v) is 2.56. The molecular weight excluding hydrogens is 224 g/mol. The minimum atomic E-state index is 0.0273. The SMILES string of the molecule is Cn1cnc(-c2cccc(C3CCC3)c2)c1CO. The average Bonchev–Trinajstić information content (AvgIpc) is 2.68. The van der Waals surface area contributed by atoms with Gasteiger partial charge >= 0.3 is 0 Å². The highest BCUT2D eigenvalue weighted by Gasteiger charge is 2.20. The summed E-state index contributed by atoms with van der Waals surface area (Å²) in [5.74, 6) is 0.728. The predicted octanol–water partition coefficient (Wildman–Crippen LogP) is 2.85. The van der Waals surface area contributed by atoms with Gasteiger partial charge < -0.3 is 9.67 Å². The Bertz CT molecular complexity index is 555. The minimum Gasteiger partial charge on any atom is -0.390 e. The second-order valence-corrected chi connectivity index (χ2v) is 5.06. The maximum Gasteiger partial charge on any atom is 0.0954 e. The normalized spacial score (nSPS) is 15.7. The summed E-state index contributed by atoms with van der Waals surface area (Å²) in [6, 6.07) is 8.60. The van der Waals surface area contributed by atoms with Gasteiger partial charge in [-0.2, -0.15) is 0 Å². The topological polar surface area (TPSA) is 38.0 Å². The van der Waals surface area contributed by atoms with E-state index in [4.69, 9.17) is 0 Å². The Balaban J connectivity index is 2.00. The number of benzene rings is 1. The van der Waals surface area contributed by atoms with Crippen LogP contribution in [0.1, 0.15) is 36.4 Å². The number of hydrogen-bond donors (Lipinski definition) is 1. The molecule has 3 rings (SSSR count). The van der Waals surface area contributed by atoms with Crippen molar-refractivity contribution in [3.63, 3.8) is 0 Å². The van der Waals surface area contributed by atoms with E-state index in [1.807, 2.05) is 11.6 Å². The Morgan fingerprint density at radius 1 is 1.39 bits per heavy atom. The lowest BCUT2D eigenvalue weighted by Gasteiger charge is -2.26. The van der Waals surface area contributed by atoms with Crippen molar-refractivity contribution in [1.82, 2.24) is 9.55 Å². The smallest absolute Gasteiger partial charge is 0.0954 e. The monoisotopic (exact) mass is 242 g/mol. The van der Waals surface area contributed by atoms with Crippen LogP contribution >= 0.6 is 0 Å². The van der Waals surface area contributed by atoms with E-state index in [1.54, 1.807) is 6.33 Å². The molecule has 0 unspecified atom stereocenters. The van der Waals surface area contributed by atoms with Crippen molar-refractivity contribution in [1.29, 1.82) is 0 Å². The summed E-state index contributed by atoms with van der Waals surface area (Å²) in [6.07, 6.45) is 5.72. The molecule has 3 nitrogen and oxygen atoms in total. The zero-order valence-electron chi connectivity index (χ0n) is 10.6. The number of rotatable bonds is 3. The lowest BCUT2D eigenvalue weighted by molar-refractivity contribution is 0.273. The number of aliphatic hydroxyl groups is 1. The van der Waals surface area contributed by atoms with E-state index in [0.717, 1.165) is 22.9 Å². The maximum absolute atomic E-state index is 9.42. The minimum absolute atomic E-state index is 0.0273. The Morgan fingerprint density at radius 3 is 2.89 bits per heavy atom. The highest BCUT2D eigenvalue weighted by molar-refractivity contribution is 5.63. The fourth-order valence-electron chi connectivity index (χ4n) is 2.56. The number of aliphatic hydroxyl groups excluding tert-OH is 1. The van der Waals surface area contributed by atoms with Crippen LogP contribution in [0.25, 0.3) is 11.3 Å². The highest BCUT2D eigenvalue weighted by atomic mass is 16.3. The van der Waals surface area contributed by atoms with Crippen molar-refractivity contribution >= 4 is 0 Å². The van der Waals surface area contributed by atoms with Crippen LogP contribution in [0.5, 0.6) is 0 Å². The molecule has 2 aromatic rings. The van der Waals surface area contributed by atoms with Crippen molar-refractivity contribution < 1.29 is 5.11 Å². The van der Waals surface area contributed by atoms with E-state index < -0.39 is 0 Å². The zero-order chi connectivity index (χ0) is 12.5. The summed E-state index contributed by atoms with van der Waals surface area (Å²) in [7, 11) is 1.91. The van der Waals surface area contributed by atoms with Crippen LogP contribution in [0.15, 0.2) is 30.6 Å². The molecule has 1 aromatic carbocycles. The highest BCUT2D eigenvalue weighted by Crippen LogP contribution is 2.37. The zero-order valence-corrected chi connectivity index (χ0v) is 10.6. The molecule has 1 aliphatic carbocycles. The molecule has 94 valence electrons. The second kappa shape index (κ2) is 4.58. The summed E-state index contributed by atoms with van der Waals surface area (Å²) in [4.78, 5) is 4.40. The Hall–Kier alpha value is -1.61. The van der Waals surface area contributed by atoms with E-state index in [0.29, 0.717) is 0 Å². The third kappa shape index (κ3) is 1.85. The fraction of sp³-hybridized carbons (Fsp3) is 0.400. The van der Waals surface area contributed by atoms with Crippen LogP contribution < -0.4 is 0 Å². The van der Waals surface area contributed by atoms with Crippen LogP contribution in [0, 0.1) is 0 Å². The molecule has 1 aromatic heterocycles. The van der Waals surface area contributed by atoms with Gasteiger partial charge in [0, 0.05) is 12.6 Å². The van der Waals surface area contributed by atoms with Crippen molar-refractivity contribution in [3.05, 3.63) is 41.9 Å². The van der Waals surface area contributed by atoms with Gasteiger partial charge in [-0.25, -0.2) is 4.98 Å². The van der Waals surface area contributed by atoms with Gasteiger partial charge in [-0.15, -0.1) is 0 Å². The lowest BCUT2D eigenvalue weighted by Crippen LogP contribution is -2.08. The van der Waals surface area contributed by atoms with Gasteiger partial charge in [0.05, 0.1) is 24.3 Å². The van der Waals surface area contributed by atoms with Gasteiger partial charge in [-0.1, -0.05) is 24.6 Å². The molecule has 0 atom stereocenters. The molecule has 0 radical (unpaired) electrons.